The van der Waals surface area contributed by atoms with Crippen molar-refractivity contribution in [2.24, 2.45) is 0 Å². The van der Waals surface area contributed by atoms with Crippen LogP contribution in [-0.4, -0.2) is 18.8 Å². The fraction of sp³-hybridized carbons (Fsp3) is 0.158. The third-order valence-corrected chi connectivity index (χ3v) is 4.25. The van der Waals surface area contributed by atoms with Gasteiger partial charge in [0.05, 0.1) is 0 Å². The molecule has 3 aromatic rings. The molecule has 6 heteroatoms. The number of ether oxygens (including phenoxy) is 2. The minimum Gasteiger partial charge on any atom is -0.482 e. The van der Waals surface area contributed by atoms with Crippen molar-refractivity contribution in [1.82, 2.24) is 0 Å². The van der Waals surface area contributed by atoms with Crippen molar-refractivity contribution < 1.29 is 18.7 Å². The average Bonchev–Trinajstić information content (AvgIpc) is 2.64. The number of hydrogen-bond acceptors (Lipinski definition) is 6. The van der Waals surface area contributed by atoms with Crippen LogP contribution >= 0.6 is 11.8 Å². The SMILES string of the molecule is CSc1ccc(COC(=O)COc2ccc3ccc(=O)oc3c2)cc1. The lowest BCUT2D eigenvalue weighted by Crippen LogP contribution is -2.14. The molecule has 0 aliphatic carbocycles. The van der Waals surface area contributed by atoms with E-state index in [0.29, 0.717) is 11.3 Å². The topological polar surface area (TPSA) is 65.7 Å². The number of benzene rings is 2. The van der Waals surface area contributed by atoms with E-state index >= 15 is 0 Å². The summed E-state index contributed by atoms with van der Waals surface area (Å²) in [5.41, 5.74) is 0.891. The first-order chi connectivity index (χ1) is 12.1. The molecule has 0 atom stereocenters. The van der Waals surface area contributed by atoms with Crippen LogP contribution in [0.3, 0.4) is 0 Å². The largest absolute Gasteiger partial charge is 0.482 e. The number of carbonyl (C=O) groups excluding carboxylic acids is 1. The van der Waals surface area contributed by atoms with Crippen LogP contribution in [-0.2, 0) is 16.1 Å². The smallest absolute Gasteiger partial charge is 0.344 e. The fourth-order valence-corrected chi connectivity index (χ4v) is 2.61. The first kappa shape index (κ1) is 17.1. The molecule has 0 N–H and O–H groups in total. The molecule has 1 heterocycles. The molecule has 0 unspecified atom stereocenters. The second kappa shape index (κ2) is 7.90. The van der Waals surface area contributed by atoms with E-state index in [1.54, 1.807) is 36.0 Å². The van der Waals surface area contributed by atoms with Gasteiger partial charge in [-0.1, -0.05) is 12.1 Å². The number of fused-ring (bicyclic) bond motifs is 1. The molecule has 25 heavy (non-hydrogen) atoms. The Hall–Kier alpha value is -2.73. The minimum absolute atomic E-state index is 0.198. The maximum atomic E-state index is 11.8. The van der Waals surface area contributed by atoms with Gasteiger partial charge in [-0.2, -0.15) is 0 Å². The summed E-state index contributed by atoms with van der Waals surface area (Å²) in [6.07, 6.45) is 2.00. The number of thioether (sulfide) groups is 1. The highest BCUT2D eigenvalue weighted by atomic mass is 32.2. The van der Waals surface area contributed by atoms with E-state index in [-0.39, 0.29) is 13.2 Å². The van der Waals surface area contributed by atoms with Gasteiger partial charge in [0.2, 0.25) is 0 Å². The van der Waals surface area contributed by atoms with E-state index in [0.717, 1.165) is 15.8 Å². The molecule has 0 aliphatic rings. The van der Waals surface area contributed by atoms with E-state index in [4.69, 9.17) is 13.9 Å². The van der Waals surface area contributed by atoms with Crippen LogP contribution in [0.15, 0.2) is 68.7 Å². The van der Waals surface area contributed by atoms with Crippen LogP contribution in [0.25, 0.3) is 11.0 Å². The Balaban J connectivity index is 1.53. The highest BCUT2D eigenvalue weighted by Crippen LogP contribution is 2.19. The van der Waals surface area contributed by atoms with Gasteiger partial charge in [-0.3, -0.25) is 0 Å². The highest BCUT2D eigenvalue weighted by Gasteiger charge is 2.06. The molecule has 0 spiro atoms. The summed E-state index contributed by atoms with van der Waals surface area (Å²) in [6.45, 7) is -0.0189. The Kier molecular flexibility index (Phi) is 5.40. The van der Waals surface area contributed by atoms with Crippen molar-refractivity contribution >= 4 is 28.7 Å². The summed E-state index contributed by atoms with van der Waals surface area (Å²) >= 11 is 1.65. The second-order valence-electron chi connectivity index (χ2n) is 5.25. The van der Waals surface area contributed by atoms with Crippen LogP contribution < -0.4 is 10.4 Å². The Bertz CT molecular complexity index is 930. The summed E-state index contributed by atoms with van der Waals surface area (Å²) in [6, 6.07) is 15.9. The molecular weight excluding hydrogens is 340 g/mol. The lowest BCUT2D eigenvalue weighted by atomic mass is 10.2. The number of esters is 1. The van der Waals surface area contributed by atoms with E-state index in [1.165, 1.54) is 6.07 Å². The van der Waals surface area contributed by atoms with Crippen molar-refractivity contribution in [1.29, 1.82) is 0 Å². The van der Waals surface area contributed by atoms with Gasteiger partial charge in [-0.25, -0.2) is 9.59 Å². The normalized spacial score (nSPS) is 10.6. The van der Waals surface area contributed by atoms with Gasteiger partial charge in [0.15, 0.2) is 6.61 Å². The third kappa shape index (κ3) is 4.64. The molecular formula is C19H16O5S. The maximum absolute atomic E-state index is 11.8. The van der Waals surface area contributed by atoms with Crippen LogP contribution in [0.5, 0.6) is 5.75 Å². The van der Waals surface area contributed by atoms with Gasteiger partial charge in [-0.05, 0) is 42.2 Å². The lowest BCUT2D eigenvalue weighted by molar-refractivity contribution is -0.147. The lowest BCUT2D eigenvalue weighted by Gasteiger charge is -2.08. The first-order valence-electron chi connectivity index (χ1n) is 7.59. The molecule has 0 saturated heterocycles. The number of hydrogen-bond donors (Lipinski definition) is 0. The number of carbonyl (C=O) groups is 1. The monoisotopic (exact) mass is 356 g/mol. The minimum atomic E-state index is -0.469. The molecule has 0 bridgehead atoms. The summed E-state index contributed by atoms with van der Waals surface area (Å²) in [5, 5.41) is 0.781. The van der Waals surface area contributed by atoms with E-state index in [1.807, 2.05) is 30.5 Å². The predicted molar refractivity (Wildman–Crippen MR) is 96.0 cm³/mol. The standard InChI is InChI=1S/C19H16O5S/c1-25-16-7-2-13(3-8-16)11-23-19(21)12-22-15-6-4-14-5-9-18(20)24-17(14)10-15/h2-10H,11-12H2,1H3. The zero-order valence-corrected chi connectivity index (χ0v) is 14.4. The van der Waals surface area contributed by atoms with E-state index in [9.17, 15) is 9.59 Å². The Morgan fingerprint density at radius 1 is 1.08 bits per heavy atom. The van der Waals surface area contributed by atoms with Crippen molar-refractivity contribution in [3.8, 4) is 5.75 Å². The average molecular weight is 356 g/mol. The zero-order valence-electron chi connectivity index (χ0n) is 13.6. The molecule has 3 rings (SSSR count). The molecule has 5 nitrogen and oxygen atoms in total. The highest BCUT2D eigenvalue weighted by molar-refractivity contribution is 7.98. The molecule has 0 saturated carbocycles. The summed E-state index contributed by atoms with van der Waals surface area (Å²) < 4.78 is 15.7. The molecule has 2 aromatic carbocycles. The second-order valence-corrected chi connectivity index (χ2v) is 6.13. The third-order valence-electron chi connectivity index (χ3n) is 3.51. The van der Waals surface area contributed by atoms with Crippen LogP contribution in [0, 0.1) is 0 Å². The fourth-order valence-electron chi connectivity index (χ4n) is 2.20. The zero-order chi connectivity index (χ0) is 17.6. The Morgan fingerprint density at radius 3 is 2.60 bits per heavy atom. The molecule has 0 amide bonds. The van der Waals surface area contributed by atoms with Crippen LogP contribution in [0.1, 0.15) is 5.56 Å². The maximum Gasteiger partial charge on any atom is 0.344 e. The summed E-state index contributed by atoms with van der Waals surface area (Å²) in [5.74, 6) is -0.0355. The quantitative estimate of drug-likeness (QED) is 0.382. The molecule has 0 radical (unpaired) electrons. The Labute approximate surface area is 148 Å². The van der Waals surface area contributed by atoms with E-state index < -0.39 is 11.6 Å². The van der Waals surface area contributed by atoms with Crippen molar-refractivity contribution in [2.75, 3.05) is 12.9 Å². The summed E-state index contributed by atoms with van der Waals surface area (Å²) in [4.78, 5) is 24.2. The van der Waals surface area contributed by atoms with Gasteiger partial charge < -0.3 is 13.9 Å². The van der Waals surface area contributed by atoms with Gasteiger partial charge in [0.25, 0.3) is 0 Å². The van der Waals surface area contributed by atoms with Gasteiger partial charge in [0.1, 0.15) is 17.9 Å². The number of rotatable bonds is 6. The van der Waals surface area contributed by atoms with Gasteiger partial charge >= 0.3 is 11.6 Å². The predicted octanol–water partition coefficient (Wildman–Crippen LogP) is 3.64. The molecule has 0 fully saturated rings. The van der Waals surface area contributed by atoms with Crippen LogP contribution in [0.4, 0.5) is 0 Å². The van der Waals surface area contributed by atoms with Crippen molar-refractivity contribution in [3.05, 3.63) is 70.6 Å². The van der Waals surface area contributed by atoms with Crippen molar-refractivity contribution in [3.63, 3.8) is 0 Å². The Morgan fingerprint density at radius 2 is 1.84 bits per heavy atom. The van der Waals surface area contributed by atoms with Crippen molar-refractivity contribution in [2.45, 2.75) is 11.5 Å². The van der Waals surface area contributed by atoms with Gasteiger partial charge in [0, 0.05) is 22.4 Å². The van der Waals surface area contributed by atoms with Gasteiger partial charge in [-0.15, -0.1) is 11.8 Å². The van der Waals surface area contributed by atoms with E-state index in [2.05, 4.69) is 0 Å². The molecule has 1 aromatic heterocycles. The first-order valence-corrected chi connectivity index (χ1v) is 8.82. The van der Waals surface area contributed by atoms with Crippen LogP contribution in [0.2, 0.25) is 0 Å². The molecule has 128 valence electrons. The molecule has 0 aliphatic heterocycles. The summed E-state index contributed by atoms with van der Waals surface area (Å²) in [7, 11) is 0.